The molecule has 3 rings (SSSR count). The van der Waals surface area contributed by atoms with Crippen LogP contribution in [0.2, 0.25) is 0 Å². The molecule has 1 aromatic carbocycles. The van der Waals surface area contributed by atoms with Crippen molar-refractivity contribution in [1.29, 1.82) is 0 Å². The minimum Gasteiger partial charge on any atom is -0.384 e. The smallest absolute Gasteiger partial charge is 0.253 e. The van der Waals surface area contributed by atoms with Crippen molar-refractivity contribution in [2.75, 3.05) is 11.9 Å². The fraction of sp³-hybridized carbons (Fsp3) is 0.444. The first-order valence-corrected chi connectivity index (χ1v) is 8.21. The number of nitrogens with one attached hydrogen (secondary N) is 2. The van der Waals surface area contributed by atoms with Crippen LogP contribution in [0.4, 0.5) is 5.69 Å². The van der Waals surface area contributed by atoms with Crippen molar-refractivity contribution in [2.24, 2.45) is 13.0 Å². The van der Waals surface area contributed by atoms with E-state index in [2.05, 4.69) is 35.5 Å². The van der Waals surface area contributed by atoms with Crippen LogP contribution in [0, 0.1) is 5.92 Å². The number of hydrogen-bond acceptors (Lipinski definition) is 3. The number of amides is 1. The molecule has 0 aliphatic carbocycles. The Morgan fingerprint density at radius 2 is 2.22 bits per heavy atom. The lowest BCUT2D eigenvalue weighted by atomic mass is 9.98. The zero-order valence-electron chi connectivity index (χ0n) is 14.0. The molecule has 5 heteroatoms. The molecule has 0 saturated heterocycles. The third-order valence-corrected chi connectivity index (χ3v) is 4.41. The molecule has 23 heavy (non-hydrogen) atoms. The summed E-state index contributed by atoms with van der Waals surface area (Å²) in [7, 11) is 1.95. The van der Waals surface area contributed by atoms with Crippen molar-refractivity contribution in [3.63, 3.8) is 0 Å². The first kappa shape index (κ1) is 15.6. The van der Waals surface area contributed by atoms with Crippen LogP contribution in [0.1, 0.15) is 48.1 Å². The van der Waals surface area contributed by atoms with Crippen molar-refractivity contribution in [1.82, 2.24) is 14.9 Å². The van der Waals surface area contributed by atoms with Gasteiger partial charge < -0.3 is 15.2 Å². The lowest BCUT2D eigenvalue weighted by Gasteiger charge is -2.25. The van der Waals surface area contributed by atoms with E-state index in [-0.39, 0.29) is 17.9 Å². The van der Waals surface area contributed by atoms with Gasteiger partial charge in [0, 0.05) is 26.0 Å². The highest BCUT2D eigenvalue weighted by atomic mass is 16.1. The summed E-state index contributed by atoms with van der Waals surface area (Å²) in [5.74, 6) is 1.09. The van der Waals surface area contributed by atoms with Gasteiger partial charge in [-0.15, -0.1) is 0 Å². The Morgan fingerprint density at radius 1 is 1.39 bits per heavy atom. The number of rotatable bonds is 4. The normalized spacial score (nSPS) is 15.0. The Labute approximate surface area is 137 Å². The van der Waals surface area contributed by atoms with E-state index in [0.717, 1.165) is 36.5 Å². The summed E-state index contributed by atoms with van der Waals surface area (Å²) < 4.78 is 1.96. The highest BCUT2D eigenvalue weighted by molar-refractivity contribution is 6.00. The number of benzene rings is 1. The van der Waals surface area contributed by atoms with Crippen molar-refractivity contribution in [3.8, 4) is 0 Å². The number of carbonyl (C=O) groups is 1. The standard InChI is InChI=1S/C18H24N4O/c1-12(2)15(17-20-10-11-22(17)3)21-18(23)14-8-4-6-13-7-5-9-19-16(13)14/h4,6,8,10-12,15,19H,5,7,9H2,1-3H3,(H,21,23)/t15-/m0/s1. The number of anilines is 1. The Balaban J connectivity index is 1.87. The Bertz CT molecular complexity index is 705. The zero-order chi connectivity index (χ0) is 16.4. The molecule has 0 unspecified atom stereocenters. The van der Waals surface area contributed by atoms with Crippen molar-refractivity contribution in [3.05, 3.63) is 47.5 Å². The quantitative estimate of drug-likeness (QED) is 0.912. The van der Waals surface area contributed by atoms with Gasteiger partial charge in [0.15, 0.2) is 0 Å². The van der Waals surface area contributed by atoms with Crippen molar-refractivity contribution < 1.29 is 4.79 Å². The van der Waals surface area contributed by atoms with Crippen LogP contribution in [0.5, 0.6) is 0 Å². The molecule has 2 aromatic rings. The van der Waals surface area contributed by atoms with Crippen LogP contribution >= 0.6 is 0 Å². The number of aryl methyl sites for hydroxylation is 2. The lowest BCUT2D eigenvalue weighted by Crippen LogP contribution is -2.34. The predicted octanol–water partition coefficient (Wildman–Crippen LogP) is 2.91. The molecule has 0 radical (unpaired) electrons. The number of aromatic nitrogens is 2. The van der Waals surface area contributed by atoms with Crippen molar-refractivity contribution in [2.45, 2.75) is 32.7 Å². The molecular formula is C18H24N4O. The highest BCUT2D eigenvalue weighted by Gasteiger charge is 2.24. The first-order chi connectivity index (χ1) is 11.1. The highest BCUT2D eigenvalue weighted by Crippen LogP contribution is 2.27. The SMILES string of the molecule is CC(C)[C@H](NC(=O)c1cccc2c1NCCC2)c1nccn1C. The minimum absolute atomic E-state index is 0.0436. The number of carbonyl (C=O) groups excluding carboxylic acids is 1. The molecule has 5 nitrogen and oxygen atoms in total. The molecule has 0 saturated carbocycles. The van der Waals surface area contributed by atoms with E-state index in [1.807, 2.05) is 29.9 Å². The van der Waals surface area contributed by atoms with Gasteiger partial charge in [0.05, 0.1) is 17.3 Å². The van der Waals surface area contributed by atoms with Gasteiger partial charge in [-0.2, -0.15) is 0 Å². The van der Waals surface area contributed by atoms with E-state index >= 15 is 0 Å². The van der Waals surface area contributed by atoms with Gasteiger partial charge in [0.25, 0.3) is 5.91 Å². The number of imidazole rings is 1. The second-order valence-corrected chi connectivity index (χ2v) is 6.46. The molecule has 1 amide bonds. The van der Waals surface area contributed by atoms with E-state index in [1.54, 1.807) is 6.20 Å². The zero-order valence-corrected chi connectivity index (χ0v) is 14.0. The second-order valence-electron chi connectivity index (χ2n) is 6.46. The molecule has 1 aliphatic heterocycles. The Kier molecular flexibility index (Phi) is 4.37. The molecule has 0 bridgehead atoms. The molecule has 1 aromatic heterocycles. The summed E-state index contributed by atoms with van der Waals surface area (Å²) >= 11 is 0. The van der Waals surface area contributed by atoms with E-state index in [0.29, 0.717) is 0 Å². The lowest BCUT2D eigenvalue weighted by molar-refractivity contribution is 0.0923. The third-order valence-electron chi connectivity index (χ3n) is 4.41. The van der Waals surface area contributed by atoms with Crippen LogP contribution in [0.3, 0.4) is 0 Å². The third kappa shape index (κ3) is 3.09. The van der Waals surface area contributed by atoms with Crippen LogP contribution in [-0.4, -0.2) is 22.0 Å². The predicted molar refractivity (Wildman–Crippen MR) is 91.5 cm³/mol. The molecule has 1 aliphatic rings. The Hall–Kier alpha value is -2.30. The molecule has 2 heterocycles. The summed E-state index contributed by atoms with van der Waals surface area (Å²) in [4.78, 5) is 17.3. The van der Waals surface area contributed by atoms with E-state index < -0.39 is 0 Å². The van der Waals surface area contributed by atoms with Gasteiger partial charge in [0.2, 0.25) is 0 Å². The van der Waals surface area contributed by atoms with Crippen LogP contribution < -0.4 is 10.6 Å². The first-order valence-electron chi connectivity index (χ1n) is 8.21. The maximum atomic E-state index is 12.8. The van der Waals surface area contributed by atoms with Gasteiger partial charge in [-0.25, -0.2) is 4.98 Å². The van der Waals surface area contributed by atoms with Gasteiger partial charge in [-0.1, -0.05) is 26.0 Å². The summed E-state index contributed by atoms with van der Waals surface area (Å²) in [6, 6.07) is 5.84. The molecule has 2 N–H and O–H groups in total. The second kappa shape index (κ2) is 6.44. The molecule has 122 valence electrons. The number of para-hydroxylation sites is 1. The monoisotopic (exact) mass is 312 g/mol. The van der Waals surface area contributed by atoms with Gasteiger partial charge in [0.1, 0.15) is 5.82 Å². The van der Waals surface area contributed by atoms with E-state index in [1.165, 1.54) is 5.56 Å². The van der Waals surface area contributed by atoms with Gasteiger partial charge in [-0.3, -0.25) is 4.79 Å². The van der Waals surface area contributed by atoms with Gasteiger partial charge in [-0.05, 0) is 30.4 Å². The van der Waals surface area contributed by atoms with Gasteiger partial charge >= 0.3 is 0 Å². The number of fused-ring (bicyclic) bond motifs is 1. The average Bonchev–Trinajstić information content (AvgIpc) is 2.97. The molecule has 0 fully saturated rings. The van der Waals surface area contributed by atoms with Crippen molar-refractivity contribution >= 4 is 11.6 Å². The number of hydrogen-bond donors (Lipinski definition) is 2. The summed E-state index contributed by atoms with van der Waals surface area (Å²) in [6.45, 7) is 5.11. The largest absolute Gasteiger partial charge is 0.384 e. The molecule has 0 spiro atoms. The van der Waals surface area contributed by atoms with Crippen LogP contribution in [-0.2, 0) is 13.5 Å². The topological polar surface area (TPSA) is 59.0 Å². The van der Waals surface area contributed by atoms with Crippen LogP contribution in [0.15, 0.2) is 30.6 Å². The fourth-order valence-electron chi connectivity index (χ4n) is 3.12. The number of nitrogens with zero attached hydrogens (tertiary/aromatic N) is 2. The molecular weight excluding hydrogens is 288 g/mol. The summed E-state index contributed by atoms with van der Waals surface area (Å²) in [5.41, 5.74) is 2.93. The maximum absolute atomic E-state index is 12.8. The maximum Gasteiger partial charge on any atom is 0.253 e. The minimum atomic E-state index is -0.109. The average molecular weight is 312 g/mol. The van der Waals surface area contributed by atoms with E-state index in [4.69, 9.17) is 0 Å². The summed E-state index contributed by atoms with van der Waals surface area (Å²) in [6.07, 6.45) is 5.81. The van der Waals surface area contributed by atoms with Crippen LogP contribution in [0.25, 0.3) is 0 Å². The Morgan fingerprint density at radius 3 is 2.91 bits per heavy atom. The fourth-order valence-corrected chi connectivity index (χ4v) is 3.12. The van der Waals surface area contributed by atoms with E-state index in [9.17, 15) is 4.79 Å². The summed E-state index contributed by atoms with van der Waals surface area (Å²) in [5, 5.41) is 6.54. The molecule has 1 atom stereocenters.